The number of halogens is 1. The van der Waals surface area contributed by atoms with Crippen molar-refractivity contribution in [3.63, 3.8) is 0 Å². The standard InChI is InChI=1S/C9H7BrO5/c1-12-9(11)15-6-3-2-5(10)7-8(6)14-4-13-7/h2-3H,4H2,1H3. The largest absolute Gasteiger partial charge is 0.513 e. The Morgan fingerprint density at radius 2 is 2.13 bits per heavy atom. The van der Waals surface area contributed by atoms with Gasteiger partial charge in [0.05, 0.1) is 11.6 Å². The van der Waals surface area contributed by atoms with Gasteiger partial charge in [0.2, 0.25) is 12.5 Å². The lowest BCUT2D eigenvalue weighted by Crippen LogP contribution is -2.07. The summed E-state index contributed by atoms with van der Waals surface area (Å²) in [6, 6.07) is 3.29. The van der Waals surface area contributed by atoms with E-state index in [2.05, 4.69) is 20.7 Å². The van der Waals surface area contributed by atoms with Gasteiger partial charge < -0.3 is 18.9 Å². The molecular formula is C9H7BrO5. The van der Waals surface area contributed by atoms with Crippen LogP contribution in [0.1, 0.15) is 0 Å². The number of hydrogen-bond donors (Lipinski definition) is 0. The molecule has 6 heteroatoms. The number of carbonyl (C=O) groups is 1. The minimum absolute atomic E-state index is 0.107. The lowest BCUT2D eigenvalue weighted by molar-refractivity contribution is 0.118. The molecule has 0 spiro atoms. The molecule has 0 atom stereocenters. The Morgan fingerprint density at radius 1 is 1.40 bits per heavy atom. The Kier molecular flexibility index (Phi) is 2.68. The van der Waals surface area contributed by atoms with Crippen molar-refractivity contribution in [2.45, 2.75) is 0 Å². The molecule has 0 saturated heterocycles. The summed E-state index contributed by atoms with van der Waals surface area (Å²) >= 11 is 3.29. The van der Waals surface area contributed by atoms with Crippen molar-refractivity contribution in [1.82, 2.24) is 0 Å². The Morgan fingerprint density at radius 3 is 2.87 bits per heavy atom. The quantitative estimate of drug-likeness (QED) is 0.581. The van der Waals surface area contributed by atoms with E-state index in [-0.39, 0.29) is 12.5 Å². The van der Waals surface area contributed by atoms with Gasteiger partial charge in [-0.1, -0.05) is 0 Å². The first kappa shape index (κ1) is 10.1. The zero-order valence-corrected chi connectivity index (χ0v) is 9.37. The molecule has 0 saturated carbocycles. The van der Waals surface area contributed by atoms with Gasteiger partial charge in [-0.05, 0) is 28.1 Å². The second kappa shape index (κ2) is 3.98. The van der Waals surface area contributed by atoms with E-state index in [9.17, 15) is 4.79 Å². The molecule has 0 N–H and O–H groups in total. The van der Waals surface area contributed by atoms with Crippen LogP contribution in [0.4, 0.5) is 4.79 Å². The SMILES string of the molecule is COC(=O)Oc1ccc(Br)c2c1OCO2. The molecule has 5 nitrogen and oxygen atoms in total. The highest BCUT2D eigenvalue weighted by molar-refractivity contribution is 9.10. The molecule has 15 heavy (non-hydrogen) atoms. The maximum atomic E-state index is 10.9. The van der Waals surface area contributed by atoms with Crippen LogP contribution in [-0.2, 0) is 4.74 Å². The first-order chi connectivity index (χ1) is 7.22. The second-order valence-corrected chi connectivity index (χ2v) is 3.52. The summed E-state index contributed by atoms with van der Waals surface area (Å²) in [5, 5.41) is 0. The number of benzene rings is 1. The second-order valence-electron chi connectivity index (χ2n) is 2.67. The van der Waals surface area contributed by atoms with E-state index < -0.39 is 6.16 Å². The van der Waals surface area contributed by atoms with Gasteiger partial charge in [-0.3, -0.25) is 0 Å². The maximum Gasteiger partial charge on any atom is 0.513 e. The van der Waals surface area contributed by atoms with E-state index in [0.29, 0.717) is 11.5 Å². The molecule has 2 rings (SSSR count). The summed E-state index contributed by atoms with van der Waals surface area (Å²) in [7, 11) is 1.23. The van der Waals surface area contributed by atoms with Gasteiger partial charge in [-0.15, -0.1) is 0 Å². The van der Waals surface area contributed by atoms with Crippen molar-refractivity contribution in [1.29, 1.82) is 0 Å². The summed E-state index contributed by atoms with van der Waals surface area (Å²) < 4.78 is 20.3. The van der Waals surface area contributed by atoms with Crippen LogP contribution in [0, 0.1) is 0 Å². The molecular weight excluding hydrogens is 268 g/mol. The lowest BCUT2D eigenvalue weighted by Gasteiger charge is -2.06. The fourth-order valence-electron chi connectivity index (χ4n) is 1.15. The van der Waals surface area contributed by atoms with Crippen LogP contribution in [0.25, 0.3) is 0 Å². The summed E-state index contributed by atoms with van der Waals surface area (Å²) in [5.41, 5.74) is 0. The van der Waals surface area contributed by atoms with Crippen molar-refractivity contribution < 1.29 is 23.7 Å². The topological polar surface area (TPSA) is 54.0 Å². The monoisotopic (exact) mass is 274 g/mol. The molecule has 1 aliphatic rings. The van der Waals surface area contributed by atoms with Gasteiger partial charge in [0.15, 0.2) is 11.5 Å². The van der Waals surface area contributed by atoms with Crippen LogP contribution in [0.15, 0.2) is 16.6 Å². The van der Waals surface area contributed by atoms with E-state index in [0.717, 1.165) is 4.47 Å². The first-order valence-corrected chi connectivity index (χ1v) is 4.85. The average molecular weight is 275 g/mol. The highest BCUT2D eigenvalue weighted by atomic mass is 79.9. The number of rotatable bonds is 1. The minimum atomic E-state index is -0.796. The van der Waals surface area contributed by atoms with Crippen LogP contribution in [-0.4, -0.2) is 20.1 Å². The van der Waals surface area contributed by atoms with Gasteiger partial charge in [0, 0.05) is 0 Å². The van der Waals surface area contributed by atoms with E-state index in [4.69, 9.17) is 14.2 Å². The predicted molar refractivity (Wildman–Crippen MR) is 53.3 cm³/mol. The van der Waals surface area contributed by atoms with Gasteiger partial charge in [-0.2, -0.15) is 0 Å². The number of carbonyl (C=O) groups excluding carboxylic acids is 1. The summed E-state index contributed by atoms with van der Waals surface area (Å²) in [6.45, 7) is 0.107. The Hall–Kier alpha value is -1.43. The third kappa shape index (κ3) is 1.85. The van der Waals surface area contributed by atoms with Crippen LogP contribution in [0.5, 0.6) is 17.2 Å². The number of methoxy groups -OCH3 is 1. The Balaban J connectivity index is 2.33. The van der Waals surface area contributed by atoms with Gasteiger partial charge in [0.1, 0.15) is 0 Å². The van der Waals surface area contributed by atoms with E-state index in [1.807, 2.05) is 0 Å². The molecule has 0 fully saturated rings. The van der Waals surface area contributed by atoms with Crippen molar-refractivity contribution in [2.75, 3.05) is 13.9 Å². The van der Waals surface area contributed by atoms with Crippen molar-refractivity contribution in [2.24, 2.45) is 0 Å². The Labute approximate surface area is 94.0 Å². The molecule has 1 aromatic carbocycles. The van der Waals surface area contributed by atoms with E-state index in [1.54, 1.807) is 12.1 Å². The zero-order chi connectivity index (χ0) is 10.8. The fraction of sp³-hybridized carbons (Fsp3) is 0.222. The van der Waals surface area contributed by atoms with Crippen LogP contribution >= 0.6 is 15.9 Å². The van der Waals surface area contributed by atoms with E-state index >= 15 is 0 Å². The molecule has 0 radical (unpaired) electrons. The number of ether oxygens (including phenoxy) is 4. The van der Waals surface area contributed by atoms with Gasteiger partial charge >= 0.3 is 6.16 Å². The van der Waals surface area contributed by atoms with Crippen molar-refractivity contribution in [3.05, 3.63) is 16.6 Å². The average Bonchev–Trinajstić information content (AvgIpc) is 2.71. The van der Waals surface area contributed by atoms with Crippen LogP contribution in [0.3, 0.4) is 0 Å². The third-order valence-electron chi connectivity index (χ3n) is 1.79. The molecule has 0 unspecified atom stereocenters. The molecule has 0 aromatic heterocycles. The summed E-state index contributed by atoms with van der Waals surface area (Å²) in [6.07, 6.45) is -0.796. The number of hydrogen-bond acceptors (Lipinski definition) is 5. The zero-order valence-electron chi connectivity index (χ0n) is 7.78. The molecule has 1 aliphatic heterocycles. The Bertz CT molecular complexity index is 404. The normalized spacial score (nSPS) is 12.4. The molecule has 0 aliphatic carbocycles. The smallest absolute Gasteiger partial charge is 0.452 e. The maximum absolute atomic E-state index is 10.9. The summed E-state index contributed by atoms with van der Waals surface area (Å²) in [5.74, 6) is 1.20. The minimum Gasteiger partial charge on any atom is -0.452 e. The molecule has 0 amide bonds. The fourth-order valence-corrected chi connectivity index (χ4v) is 1.58. The molecule has 0 bridgehead atoms. The van der Waals surface area contributed by atoms with Crippen molar-refractivity contribution in [3.8, 4) is 17.2 Å². The summed E-state index contributed by atoms with van der Waals surface area (Å²) in [4.78, 5) is 10.9. The van der Waals surface area contributed by atoms with Crippen LogP contribution < -0.4 is 14.2 Å². The first-order valence-electron chi connectivity index (χ1n) is 4.06. The van der Waals surface area contributed by atoms with Gasteiger partial charge in [0.25, 0.3) is 0 Å². The highest BCUT2D eigenvalue weighted by Gasteiger charge is 2.23. The lowest BCUT2D eigenvalue weighted by atomic mass is 10.3. The predicted octanol–water partition coefficient (Wildman–Crippen LogP) is 2.32. The molecule has 1 aromatic rings. The highest BCUT2D eigenvalue weighted by Crippen LogP contribution is 2.45. The van der Waals surface area contributed by atoms with E-state index in [1.165, 1.54) is 7.11 Å². The number of fused-ring (bicyclic) bond motifs is 1. The molecule has 80 valence electrons. The van der Waals surface area contributed by atoms with Crippen molar-refractivity contribution >= 4 is 22.1 Å². The molecule has 1 heterocycles. The van der Waals surface area contributed by atoms with Crippen LogP contribution in [0.2, 0.25) is 0 Å². The van der Waals surface area contributed by atoms with Gasteiger partial charge in [-0.25, -0.2) is 4.79 Å². The third-order valence-corrected chi connectivity index (χ3v) is 2.42.